The van der Waals surface area contributed by atoms with Gasteiger partial charge < -0.3 is 0 Å². The van der Waals surface area contributed by atoms with Crippen molar-refractivity contribution in [2.24, 2.45) is 0 Å². The van der Waals surface area contributed by atoms with Crippen LogP contribution in [0, 0.1) is 17.5 Å². The molecule has 3 aromatic rings. The van der Waals surface area contributed by atoms with Gasteiger partial charge in [-0.2, -0.15) is 5.10 Å². The Labute approximate surface area is 122 Å². The molecule has 1 heterocycles. The third-order valence-corrected chi connectivity index (χ3v) is 3.14. The van der Waals surface area contributed by atoms with Gasteiger partial charge in [0.2, 0.25) is 0 Å². The van der Waals surface area contributed by atoms with Gasteiger partial charge in [0.05, 0.1) is 11.3 Å². The first kappa shape index (κ1) is 13.6. The van der Waals surface area contributed by atoms with Crippen LogP contribution in [0.2, 0.25) is 5.02 Å². The van der Waals surface area contributed by atoms with Crippen LogP contribution in [-0.2, 0) is 0 Å². The fourth-order valence-corrected chi connectivity index (χ4v) is 2.04. The molecule has 0 aliphatic rings. The Morgan fingerprint density at radius 1 is 0.905 bits per heavy atom. The molecule has 0 fully saturated rings. The number of hydrogen-bond acceptors (Lipinski definition) is 2. The zero-order valence-electron chi connectivity index (χ0n) is 10.4. The van der Waals surface area contributed by atoms with Crippen LogP contribution in [0.25, 0.3) is 17.1 Å². The Kier molecular flexibility index (Phi) is 3.39. The van der Waals surface area contributed by atoms with Gasteiger partial charge in [0.1, 0.15) is 12.1 Å². The van der Waals surface area contributed by atoms with Crippen LogP contribution in [0.4, 0.5) is 13.2 Å². The molecule has 0 atom stereocenters. The van der Waals surface area contributed by atoms with Gasteiger partial charge in [-0.3, -0.25) is 0 Å². The predicted octanol–water partition coefficient (Wildman–Crippen LogP) is 4.01. The normalized spacial score (nSPS) is 10.9. The molecule has 3 nitrogen and oxygen atoms in total. The van der Waals surface area contributed by atoms with Crippen molar-refractivity contribution >= 4 is 11.6 Å². The van der Waals surface area contributed by atoms with Crippen molar-refractivity contribution in [3.8, 4) is 17.1 Å². The Balaban J connectivity index is 2.20. The first-order valence-corrected chi connectivity index (χ1v) is 6.25. The highest BCUT2D eigenvalue weighted by Crippen LogP contribution is 2.27. The van der Waals surface area contributed by atoms with E-state index in [1.807, 2.05) is 0 Å². The van der Waals surface area contributed by atoms with Crippen molar-refractivity contribution in [2.75, 3.05) is 0 Å². The lowest BCUT2D eigenvalue weighted by molar-refractivity contribution is 0.497. The zero-order chi connectivity index (χ0) is 15.0. The maximum absolute atomic E-state index is 13.9. The number of rotatable bonds is 2. The number of hydrogen-bond donors (Lipinski definition) is 0. The Morgan fingerprint density at radius 2 is 1.57 bits per heavy atom. The molecule has 7 heteroatoms. The van der Waals surface area contributed by atoms with Gasteiger partial charge in [0.25, 0.3) is 0 Å². The maximum Gasteiger partial charge on any atom is 0.172 e. The second-order valence-electron chi connectivity index (χ2n) is 4.19. The fraction of sp³-hybridized carbons (Fsp3) is 0. The number of aromatic nitrogens is 3. The van der Waals surface area contributed by atoms with E-state index >= 15 is 0 Å². The summed E-state index contributed by atoms with van der Waals surface area (Å²) in [6.45, 7) is 0. The van der Waals surface area contributed by atoms with Crippen molar-refractivity contribution in [3.05, 3.63) is 65.2 Å². The molecule has 0 amide bonds. The Bertz CT molecular complexity index is 800. The average Bonchev–Trinajstić information content (AvgIpc) is 2.93. The molecule has 0 aliphatic carbocycles. The lowest BCUT2D eigenvalue weighted by atomic mass is 10.1. The van der Waals surface area contributed by atoms with Crippen LogP contribution < -0.4 is 0 Å². The minimum atomic E-state index is -1.31. The quantitative estimate of drug-likeness (QED) is 0.670. The molecule has 3 rings (SSSR count). The molecule has 2 aromatic carbocycles. The van der Waals surface area contributed by atoms with Crippen molar-refractivity contribution in [2.45, 2.75) is 0 Å². The van der Waals surface area contributed by atoms with Gasteiger partial charge >= 0.3 is 0 Å². The monoisotopic (exact) mass is 309 g/mol. The van der Waals surface area contributed by atoms with Crippen LogP contribution in [-0.4, -0.2) is 14.8 Å². The lowest BCUT2D eigenvalue weighted by Crippen LogP contribution is -2.03. The molecule has 0 bridgehead atoms. The van der Waals surface area contributed by atoms with E-state index in [-0.39, 0.29) is 5.82 Å². The molecule has 21 heavy (non-hydrogen) atoms. The van der Waals surface area contributed by atoms with Gasteiger partial charge in [0.15, 0.2) is 17.5 Å². The molecule has 0 saturated carbocycles. The van der Waals surface area contributed by atoms with E-state index in [4.69, 9.17) is 11.6 Å². The van der Waals surface area contributed by atoms with E-state index in [9.17, 15) is 13.2 Å². The molecule has 0 N–H and O–H groups in total. The second kappa shape index (κ2) is 5.21. The molecule has 0 spiro atoms. The average molecular weight is 310 g/mol. The molecule has 1 aromatic heterocycles. The van der Waals surface area contributed by atoms with Crippen molar-refractivity contribution in [1.29, 1.82) is 0 Å². The summed E-state index contributed by atoms with van der Waals surface area (Å²) in [5, 5.41) is 4.41. The van der Waals surface area contributed by atoms with Gasteiger partial charge in [-0.1, -0.05) is 11.6 Å². The highest BCUT2D eigenvalue weighted by Gasteiger charge is 2.21. The van der Waals surface area contributed by atoms with Crippen LogP contribution in [0.3, 0.4) is 0 Å². The van der Waals surface area contributed by atoms with E-state index < -0.39 is 23.0 Å². The molecule has 106 valence electrons. The third kappa shape index (κ3) is 2.38. The summed E-state index contributed by atoms with van der Waals surface area (Å²) < 4.78 is 42.2. The summed E-state index contributed by atoms with van der Waals surface area (Å²) >= 11 is 5.79. The Morgan fingerprint density at radius 3 is 2.29 bits per heavy atom. The summed E-state index contributed by atoms with van der Waals surface area (Å²) in [7, 11) is 0. The standard InChI is InChI=1S/C14H7ClF3N3/c15-8-1-3-9(4-2-8)21-14(19-7-20-21)12-10(16)5-6-11(17)13(12)18/h1-7H. The summed E-state index contributed by atoms with van der Waals surface area (Å²) in [5.74, 6) is -3.51. The van der Waals surface area contributed by atoms with Crippen LogP contribution >= 0.6 is 11.6 Å². The van der Waals surface area contributed by atoms with Gasteiger partial charge in [0, 0.05) is 5.02 Å². The molecule has 0 unspecified atom stereocenters. The first-order valence-electron chi connectivity index (χ1n) is 5.88. The van der Waals surface area contributed by atoms with Gasteiger partial charge in [-0.05, 0) is 36.4 Å². The minimum Gasteiger partial charge on any atom is -0.214 e. The van der Waals surface area contributed by atoms with E-state index in [1.54, 1.807) is 24.3 Å². The SMILES string of the molecule is Fc1ccc(F)c(-c2ncnn2-c2ccc(Cl)cc2)c1F. The molecular weight excluding hydrogens is 303 g/mol. The van der Waals surface area contributed by atoms with E-state index in [2.05, 4.69) is 10.1 Å². The Hall–Kier alpha value is -2.34. The summed E-state index contributed by atoms with van der Waals surface area (Å²) in [6.07, 6.45) is 1.13. The summed E-state index contributed by atoms with van der Waals surface area (Å²) in [4.78, 5) is 3.82. The van der Waals surface area contributed by atoms with Crippen molar-refractivity contribution < 1.29 is 13.2 Å². The molecule has 0 aliphatic heterocycles. The van der Waals surface area contributed by atoms with E-state index in [1.165, 1.54) is 4.68 Å². The second-order valence-corrected chi connectivity index (χ2v) is 4.63. The molecule has 0 radical (unpaired) electrons. The topological polar surface area (TPSA) is 30.7 Å². The largest absolute Gasteiger partial charge is 0.214 e. The van der Waals surface area contributed by atoms with Gasteiger partial charge in [-0.15, -0.1) is 0 Å². The summed E-state index contributed by atoms with van der Waals surface area (Å²) in [6, 6.07) is 7.97. The highest BCUT2D eigenvalue weighted by molar-refractivity contribution is 6.30. The fourth-order valence-electron chi connectivity index (χ4n) is 1.92. The number of benzene rings is 2. The van der Waals surface area contributed by atoms with E-state index in [0.717, 1.165) is 18.5 Å². The minimum absolute atomic E-state index is 0.133. The third-order valence-electron chi connectivity index (χ3n) is 2.89. The number of halogens is 4. The van der Waals surface area contributed by atoms with Crippen LogP contribution in [0.5, 0.6) is 0 Å². The maximum atomic E-state index is 13.9. The van der Waals surface area contributed by atoms with Crippen LogP contribution in [0.15, 0.2) is 42.7 Å². The van der Waals surface area contributed by atoms with Crippen molar-refractivity contribution in [3.63, 3.8) is 0 Å². The summed E-state index contributed by atoms with van der Waals surface area (Å²) in [5.41, 5.74) is -0.0718. The molecular formula is C14H7ClF3N3. The lowest BCUT2D eigenvalue weighted by Gasteiger charge is -2.08. The van der Waals surface area contributed by atoms with E-state index in [0.29, 0.717) is 10.7 Å². The van der Waals surface area contributed by atoms with Gasteiger partial charge in [-0.25, -0.2) is 22.8 Å². The smallest absolute Gasteiger partial charge is 0.172 e. The zero-order valence-corrected chi connectivity index (χ0v) is 11.2. The van der Waals surface area contributed by atoms with Crippen LogP contribution in [0.1, 0.15) is 0 Å². The van der Waals surface area contributed by atoms with Crippen molar-refractivity contribution in [1.82, 2.24) is 14.8 Å². The predicted molar refractivity (Wildman–Crippen MR) is 71.7 cm³/mol. The highest BCUT2D eigenvalue weighted by atomic mass is 35.5. The number of nitrogens with zero attached hydrogens (tertiary/aromatic N) is 3. The molecule has 0 saturated heterocycles. The first-order chi connectivity index (χ1) is 10.1.